The summed E-state index contributed by atoms with van der Waals surface area (Å²) >= 11 is 0. The summed E-state index contributed by atoms with van der Waals surface area (Å²) in [7, 11) is 2.04. The number of hydrogen-bond acceptors (Lipinski definition) is 4. The van der Waals surface area contributed by atoms with Gasteiger partial charge in [-0.2, -0.15) is 0 Å². The van der Waals surface area contributed by atoms with E-state index >= 15 is 0 Å². The maximum absolute atomic E-state index is 9.43. The average molecular weight is 242 g/mol. The Hall–Kier alpha value is -0.160. The van der Waals surface area contributed by atoms with Crippen LogP contribution in [-0.4, -0.2) is 62.0 Å². The number of nitrogens with one attached hydrogen (secondary N) is 1. The molecule has 0 aromatic carbocycles. The van der Waals surface area contributed by atoms with Gasteiger partial charge in [0.2, 0.25) is 0 Å². The van der Waals surface area contributed by atoms with Crippen molar-refractivity contribution in [1.29, 1.82) is 0 Å². The molecule has 0 amide bonds. The van der Waals surface area contributed by atoms with Crippen molar-refractivity contribution in [2.45, 2.75) is 37.8 Å². The van der Waals surface area contributed by atoms with Crippen LogP contribution < -0.4 is 5.32 Å². The number of hydrogen-bond donors (Lipinski definition) is 2. The van der Waals surface area contributed by atoms with Gasteiger partial charge in [-0.25, -0.2) is 0 Å². The molecule has 2 heterocycles. The van der Waals surface area contributed by atoms with E-state index in [1.807, 2.05) is 7.05 Å². The standard InChI is InChI=1S/C13H26N2O2/c1-14-13-5-7-17-10-11(13)8-15-6-3-2-4-12(15)9-16/h11-14,16H,2-10H2,1H3. The highest BCUT2D eigenvalue weighted by atomic mass is 16.5. The van der Waals surface area contributed by atoms with Crippen LogP contribution in [0.5, 0.6) is 0 Å². The molecule has 0 aromatic rings. The lowest BCUT2D eigenvalue weighted by molar-refractivity contribution is -0.00103. The quantitative estimate of drug-likeness (QED) is 0.752. The van der Waals surface area contributed by atoms with Crippen LogP contribution in [0.4, 0.5) is 0 Å². The van der Waals surface area contributed by atoms with E-state index in [2.05, 4.69) is 10.2 Å². The average Bonchev–Trinajstić information content (AvgIpc) is 2.40. The van der Waals surface area contributed by atoms with Crippen molar-refractivity contribution in [3.05, 3.63) is 0 Å². The number of ether oxygens (including phenoxy) is 1. The van der Waals surface area contributed by atoms with Gasteiger partial charge in [0.25, 0.3) is 0 Å². The molecular formula is C13H26N2O2. The van der Waals surface area contributed by atoms with Crippen LogP contribution in [0, 0.1) is 5.92 Å². The Morgan fingerprint density at radius 2 is 2.24 bits per heavy atom. The lowest BCUT2D eigenvalue weighted by atomic mass is 9.93. The van der Waals surface area contributed by atoms with Crippen molar-refractivity contribution >= 4 is 0 Å². The molecule has 100 valence electrons. The van der Waals surface area contributed by atoms with Gasteiger partial charge in [-0.05, 0) is 32.9 Å². The molecule has 0 saturated carbocycles. The SMILES string of the molecule is CNC1CCOCC1CN1CCCCC1CO. The van der Waals surface area contributed by atoms with Gasteiger partial charge in [-0.1, -0.05) is 6.42 Å². The van der Waals surface area contributed by atoms with Gasteiger partial charge in [0, 0.05) is 31.2 Å². The van der Waals surface area contributed by atoms with Crippen molar-refractivity contribution in [3.63, 3.8) is 0 Å². The van der Waals surface area contributed by atoms with Crippen molar-refractivity contribution in [3.8, 4) is 0 Å². The molecule has 2 aliphatic rings. The van der Waals surface area contributed by atoms with Crippen molar-refractivity contribution < 1.29 is 9.84 Å². The predicted octanol–water partition coefficient (Wildman–Crippen LogP) is 0.458. The highest BCUT2D eigenvalue weighted by Crippen LogP contribution is 2.22. The second kappa shape index (κ2) is 6.69. The number of likely N-dealkylation sites (tertiary alicyclic amines) is 1. The first-order valence-electron chi connectivity index (χ1n) is 6.95. The van der Waals surface area contributed by atoms with Crippen molar-refractivity contribution in [1.82, 2.24) is 10.2 Å². The Morgan fingerprint density at radius 1 is 1.35 bits per heavy atom. The predicted molar refractivity (Wildman–Crippen MR) is 68.1 cm³/mol. The van der Waals surface area contributed by atoms with Gasteiger partial charge in [0.1, 0.15) is 0 Å². The van der Waals surface area contributed by atoms with E-state index < -0.39 is 0 Å². The molecule has 2 saturated heterocycles. The van der Waals surface area contributed by atoms with Crippen LogP contribution in [0.3, 0.4) is 0 Å². The van der Waals surface area contributed by atoms with Gasteiger partial charge in [0.15, 0.2) is 0 Å². The summed E-state index contributed by atoms with van der Waals surface area (Å²) < 4.78 is 5.60. The van der Waals surface area contributed by atoms with Gasteiger partial charge in [0.05, 0.1) is 13.2 Å². The molecule has 2 rings (SSSR count). The van der Waals surface area contributed by atoms with Crippen LogP contribution in [0.2, 0.25) is 0 Å². The molecule has 0 aliphatic carbocycles. The zero-order valence-electron chi connectivity index (χ0n) is 10.9. The summed E-state index contributed by atoms with van der Waals surface area (Å²) in [6.07, 6.45) is 4.79. The largest absolute Gasteiger partial charge is 0.395 e. The molecule has 4 heteroatoms. The van der Waals surface area contributed by atoms with E-state index in [-0.39, 0.29) is 0 Å². The zero-order valence-corrected chi connectivity index (χ0v) is 10.9. The summed E-state index contributed by atoms with van der Waals surface area (Å²) in [4.78, 5) is 2.47. The van der Waals surface area contributed by atoms with Gasteiger partial charge in [-0.15, -0.1) is 0 Å². The van der Waals surface area contributed by atoms with E-state index in [1.54, 1.807) is 0 Å². The molecule has 0 spiro atoms. The monoisotopic (exact) mass is 242 g/mol. The minimum Gasteiger partial charge on any atom is -0.395 e. The van der Waals surface area contributed by atoms with Gasteiger partial charge >= 0.3 is 0 Å². The van der Waals surface area contributed by atoms with E-state index in [9.17, 15) is 5.11 Å². The highest BCUT2D eigenvalue weighted by molar-refractivity contribution is 4.85. The fraction of sp³-hybridized carbons (Fsp3) is 1.00. The molecule has 2 N–H and O–H groups in total. The first kappa shape index (κ1) is 13.3. The van der Waals surface area contributed by atoms with Gasteiger partial charge in [-0.3, -0.25) is 4.90 Å². The molecule has 17 heavy (non-hydrogen) atoms. The van der Waals surface area contributed by atoms with E-state index in [1.165, 1.54) is 12.8 Å². The number of aliphatic hydroxyl groups excluding tert-OH is 1. The smallest absolute Gasteiger partial charge is 0.0586 e. The molecule has 3 atom stereocenters. The number of aliphatic hydroxyl groups is 1. The Kier molecular flexibility index (Phi) is 5.22. The Balaban J connectivity index is 1.88. The van der Waals surface area contributed by atoms with Crippen LogP contribution in [-0.2, 0) is 4.74 Å². The highest BCUT2D eigenvalue weighted by Gasteiger charge is 2.29. The zero-order chi connectivity index (χ0) is 12.1. The lowest BCUT2D eigenvalue weighted by Gasteiger charge is -2.40. The summed E-state index contributed by atoms with van der Waals surface area (Å²) in [6.45, 7) is 4.25. The molecule has 0 aromatic heterocycles. The minimum absolute atomic E-state index is 0.303. The molecule has 3 unspecified atom stereocenters. The fourth-order valence-corrected chi connectivity index (χ4v) is 3.17. The third-order valence-corrected chi connectivity index (χ3v) is 4.27. The van der Waals surface area contributed by atoms with Gasteiger partial charge < -0.3 is 15.2 Å². The lowest BCUT2D eigenvalue weighted by Crippen LogP contribution is -2.51. The number of rotatable bonds is 4. The second-order valence-corrected chi connectivity index (χ2v) is 5.35. The molecule has 2 aliphatic heterocycles. The Bertz CT molecular complexity index is 203. The minimum atomic E-state index is 0.303. The Labute approximate surface area is 104 Å². The normalized spacial score (nSPS) is 36.0. The van der Waals surface area contributed by atoms with Crippen LogP contribution >= 0.6 is 0 Å². The summed E-state index contributed by atoms with van der Waals surface area (Å²) in [5.41, 5.74) is 0. The van der Waals surface area contributed by atoms with Crippen LogP contribution in [0.25, 0.3) is 0 Å². The molecule has 0 radical (unpaired) electrons. The summed E-state index contributed by atoms with van der Waals surface area (Å²) in [6, 6.07) is 0.952. The Morgan fingerprint density at radius 3 is 3.00 bits per heavy atom. The first-order valence-corrected chi connectivity index (χ1v) is 6.95. The molecular weight excluding hydrogens is 216 g/mol. The van der Waals surface area contributed by atoms with Crippen molar-refractivity contribution in [2.75, 3.05) is 40.0 Å². The maximum atomic E-state index is 9.43. The summed E-state index contributed by atoms with van der Waals surface area (Å²) in [5, 5.41) is 12.8. The first-order chi connectivity index (χ1) is 8.35. The molecule has 0 bridgehead atoms. The maximum Gasteiger partial charge on any atom is 0.0586 e. The van der Waals surface area contributed by atoms with E-state index in [4.69, 9.17) is 4.74 Å². The third-order valence-electron chi connectivity index (χ3n) is 4.27. The summed E-state index contributed by atoms with van der Waals surface area (Å²) in [5.74, 6) is 0.570. The molecule has 4 nitrogen and oxygen atoms in total. The number of piperidine rings is 1. The third kappa shape index (κ3) is 3.41. The van der Waals surface area contributed by atoms with E-state index in [0.717, 1.165) is 39.1 Å². The van der Waals surface area contributed by atoms with Crippen LogP contribution in [0.1, 0.15) is 25.7 Å². The van der Waals surface area contributed by atoms with E-state index in [0.29, 0.717) is 24.6 Å². The molecule has 2 fully saturated rings. The fourth-order valence-electron chi connectivity index (χ4n) is 3.17. The van der Waals surface area contributed by atoms with Crippen LogP contribution in [0.15, 0.2) is 0 Å². The number of nitrogens with zero attached hydrogens (tertiary/aromatic N) is 1. The topological polar surface area (TPSA) is 44.7 Å². The second-order valence-electron chi connectivity index (χ2n) is 5.35. The van der Waals surface area contributed by atoms with Crippen molar-refractivity contribution in [2.24, 2.45) is 5.92 Å².